The van der Waals surface area contributed by atoms with E-state index >= 15 is 0 Å². The Kier molecular flexibility index (Phi) is 7.72. The molecule has 1 heterocycles. The summed E-state index contributed by atoms with van der Waals surface area (Å²) >= 11 is 0. The maximum absolute atomic E-state index is 12.3. The van der Waals surface area contributed by atoms with Crippen LogP contribution in [0.1, 0.15) is 39.2 Å². The van der Waals surface area contributed by atoms with E-state index in [0.29, 0.717) is 19.2 Å². The largest absolute Gasteiger partial charge is 0.497 e. The summed E-state index contributed by atoms with van der Waals surface area (Å²) in [5.74, 6) is 1.49. The Morgan fingerprint density at radius 2 is 2.20 bits per heavy atom. The average Bonchev–Trinajstić information content (AvgIpc) is 2.64. The highest BCUT2D eigenvalue weighted by Gasteiger charge is 2.22. The van der Waals surface area contributed by atoms with Crippen molar-refractivity contribution in [1.29, 1.82) is 0 Å². The Morgan fingerprint density at radius 1 is 1.40 bits per heavy atom. The van der Waals surface area contributed by atoms with Gasteiger partial charge < -0.3 is 14.8 Å². The highest BCUT2D eigenvalue weighted by Crippen LogP contribution is 2.17. The molecule has 0 saturated carbocycles. The first-order valence-corrected chi connectivity index (χ1v) is 9.26. The number of amides is 1. The van der Waals surface area contributed by atoms with Gasteiger partial charge in [0.2, 0.25) is 5.91 Å². The summed E-state index contributed by atoms with van der Waals surface area (Å²) in [6, 6.07) is 8.06. The molecule has 3 unspecified atom stereocenters. The number of hydrogen-bond donors (Lipinski definition) is 1. The third kappa shape index (κ3) is 6.33. The molecule has 1 aromatic carbocycles. The number of rotatable bonds is 8. The molecular weight excluding hydrogens is 316 g/mol. The first kappa shape index (κ1) is 19.7. The summed E-state index contributed by atoms with van der Waals surface area (Å²) in [5, 5.41) is 3.02. The van der Waals surface area contributed by atoms with Gasteiger partial charge in [-0.3, -0.25) is 9.69 Å². The van der Waals surface area contributed by atoms with Crippen molar-refractivity contribution in [2.24, 2.45) is 5.92 Å². The molecule has 2 rings (SSSR count). The second-order valence-corrected chi connectivity index (χ2v) is 7.14. The van der Waals surface area contributed by atoms with Crippen LogP contribution in [0.25, 0.3) is 0 Å². The van der Waals surface area contributed by atoms with Crippen LogP contribution < -0.4 is 10.1 Å². The fourth-order valence-corrected chi connectivity index (χ4v) is 3.21. The number of ether oxygens (including phenoxy) is 2. The molecule has 1 N–H and O–H groups in total. The van der Waals surface area contributed by atoms with Crippen LogP contribution in [0.15, 0.2) is 24.3 Å². The van der Waals surface area contributed by atoms with E-state index in [2.05, 4.69) is 24.1 Å². The van der Waals surface area contributed by atoms with Gasteiger partial charge >= 0.3 is 0 Å². The second-order valence-electron chi connectivity index (χ2n) is 7.14. The normalized spacial score (nSPS) is 20.7. The van der Waals surface area contributed by atoms with E-state index in [1.807, 2.05) is 24.3 Å². The van der Waals surface area contributed by atoms with Gasteiger partial charge in [0, 0.05) is 19.1 Å². The number of carbonyl (C=O) groups excluding carboxylic acids is 1. The fraction of sp³-hybridized carbons (Fsp3) is 0.650. The lowest BCUT2D eigenvalue weighted by atomic mass is 9.99. The van der Waals surface area contributed by atoms with Crippen molar-refractivity contribution >= 4 is 5.91 Å². The summed E-state index contributed by atoms with van der Waals surface area (Å²) in [6.07, 6.45) is 2.09. The lowest BCUT2D eigenvalue weighted by Gasteiger charge is -2.35. The Labute approximate surface area is 151 Å². The van der Waals surface area contributed by atoms with Gasteiger partial charge in [-0.25, -0.2) is 0 Å². The number of nitrogens with one attached hydrogen (secondary N) is 1. The molecule has 0 bridgehead atoms. The van der Waals surface area contributed by atoms with Crippen LogP contribution in [-0.4, -0.2) is 49.7 Å². The van der Waals surface area contributed by atoms with Gasteiger partial charge in [0.15, 0.2) is 0 Å². The molecule has 25 heavy (non-hydrogen) atoms. The monoisotopic (exact) mass is 348 g/mol. The third-order valence-electron chi connectivity index (χ3n) is 4.89. The van der Waals surface area contributed by atoms with Crippen LogP contribution in [0.4, 0.5) is 0 Å². The van der Waals surface area contributed by atoms with E-state index in [4.69, 9.17) is 9.47 Å². The topological polar surface area (TPSA) is 50.8 Å². The van der Waals surface area contributed by atoms with Gasteiger partial charge in [-0.15, -0.1) is 0 Å². The first-order valence-electron chi connectivity index (χ1n) is 9.26. The van der Waals surface area contributed by atoms with Crippen LogP contribution in [0, 0.1) is 5.92 Å². The van der Waals surface area contributed by atoms with E-state index in [0.717, 1.165) is 30.3 Å². The summed E-state index contributed by atoms with van der Waals surface area (Å²) in [6.45, 7) is 9.58. The van der Waals surface area contributed by atoms with Gasteiger partial charge in [-0.2, -0.15) is 0 Å². The van der Waals surface area contributed by atoms with Crippen LogP contribution in [0.3, 0.4) is 0 Å². The summed E-state index contributed by atoms with van der Waals surface area (Å²) < 4.78 is 10.9. The van der Waals surface area contributed by atoms with Crippen molar-refractivity contribution < 1.29 is 14.3 Å². The molecule has 5 heteroatoms. The molecule has 0 radical (unpaired) electrons. The lowest BCUT2D eigenvalue weighted by molar-refractivity contribution is -0.132. The van der Waals surface area contributed by atoms with Crippen molar-refractivity contribution in [2.75, 3.05) is 26.7 Å². The Hall–Kier alpha value is -1.59. The number of methoxy groups -OCH3 is 1. The first-order chi connectivity index (χ1) is 12.0. The zero-order valence-electron chi connectivity index (χ0n) is 16.0. The molecule has 1 aromatic rings. The maximum atomic E-state index is 12.3. The third-order valence-corrected chi connectivity index (χ3v) is 4.89. The lowest BCUT2D eigenvalue weighted by Crippen LogP contribution is -2.47. The molecular formula is C20H32N2O3. The molecule has 1 fully saturated rings. The van der Waals surface area contributed by atoms with Crippen molar-refractivity contribution in [3.05, 3.63) is 29.8 Å². The summed E-state index contributed by atoms with van der Waals surface area (Å²) in [5.41, 5.74) is 0.995. The Bertz CT molecular complexity index is 549. The average molecular weight is 348 g/mol. The minimum atomic E-state index is -0.473. The summed E-state index contributed by atoms with van der Waals surface area (Å²) in [7, 11) is 1.64. The van der Waals surface area contributed by atoms with Gasteiger partial charge in [0.05, 0.1) is 13.7 Å². The number of piperidine rings is 1. The maximum Gasteiger partial charge on any atom is 0.248 e. The molecule has 5 nitrogen and oxygen atoms in total. The van der Waals surface area contributed by atoms with Crippen LogP contribution >= 0.6 is 0 Å². The highest BCUT2D eigenvalue weighted by molar-refractivity contribution is 5.80. The van der Waals surface area contributed by atoms with Gasteiger partial charge in [-0.1, -0.05) is 19.1 Å². The second kappa shape index (κ2) is 9.78. The zero-order valence-corrected chi connectivity index (χ0v) is 16.0. The zero-order chi connectivity index (χ0) is 18.2. The predicted molar refractivity (Wildman–Crippen MR) is 99.7 cm³/mol. The Balaban J connectivity index is 1.72. The minimum Gasteiger partial charge on any atom is -0.497 e. The van der Waals surface area contributed by atoms with Crippen LogP contribution in [0.2, 0.25) is 0 Å². The molecule has 0 aliphatic carbocycles. The summed E-state index contributed by atoms with van der Waals surface area (Å²) in [4.78, 5) is 14.7. The van der Waals surface area contributed by atoms with E-state index in [1.54, 1.807) is 14.0 Å². The van der Waals surface area contributed by atoms with Crippen LogP contribution in [0.5, 0.6) is 5.75 Å². The van der Waals surface area contributed by atoms with Crippen molar-refractivity contribution in [1.82, 2.24) is 10.2 Å². The van der Waals surface area contributed by atoms with Crippen molar-refractivity contribution in [2.45, 2.75) is 52.4 Å². The molecule has 0 aromatic heterocycles. The standard InChI is InChI=1S/C20H32N2O3/c1-15-7-6-10-22(13-15)16(2)12-21-20(23)17(3)25-14-18-8-5-9-19(11-18)24-4/h5,8-9,11,15-17H,6-7,10,12-14H2,1-4H3,(H,21,23). The van der Waals surface area contributed by atoms with E-state index in [9.17, 15) is 4.79 Å². The molecule has 0 spiro atoms. The van der Waals surface area contributed by atoms with Gasteiger partial charge in [-0.05, 0) is 56.8 Å². The number of likely N-dealkylation sites (tertiary alicyclic amines) is 1. The molecule has 1 aliphatic heterocycles. The highest BCUT2D eigenvalue weighted by atomic mass is 16.5. The molecule has 3 atom stereocenters. The quantitative estimate of drug-likeness (QED) is 0.785. The van der Waals surface area contributed by atoms with Crippen molar-refractivity contribution in [3.63, 3.8) is 0 Å². The van der Waals surface area contributed by atoms with Crippen molar-refractivity contribution in [3.8, 4) is 5.75 Å². The SMILES string of the molecule is COc1cccc(COC(C)C(=O)NCC(C)N2CCCC(C)C2)c1. The molecule has 1 amide bonds. The minimum absolute atomic E-state index is 0.0557. The fourth-order valence-electron chi connectivity index (χ4n) is 3.21. The van der Waals surface area contributed by atoms with E-state index < -0.39 is 6.10 Å². The van der Waals surface area contributed by atoms with E-state index in [-0.39, 0.29) is 5.91 Å². The number of carbonyl (C=O) groups is 1. The molecule has 140 valence electrons. The molecule has 1 aliphatic rings. The van der Waals surface area contributed by atoms with Gasteiger partial charge in [0.25, 0.3) is 0 Å². The van der Waals surface area contributed by atoms with Crippen LogP contribution in [-0.2, 0) is 16.1 Å². The predicted octanol–water partition coefficient (Wildman–Crippen LogP) is 2.84. The molecule has 1 saturated heterocycles. The van der Waals surface area contributed by atoms with Gasteiger partial charge in [0.1, 0.15) is 11.9 Å². The smallest absolute Gasteiger partial charge is 0.248 e. The van der Waals surface area contributed by atoms with E-state index in [1.165, 1.54) is 12.8 Å². The number of hydrogen-bond acceptors (Lipinski definition) is 4. The number of nitrogens with zero attached hydrogens (tertiary/aromatic N) is 1. The number of benzene rings is 1. The Morgan fingerprint density at radius 3 is 2.92 bits per heavy atom.